The predicted octanol–water partition coefficient (Wildman–Crippen LogP) is 5.02. The number of rotatable bonds is 2. The zero-order valence-electron chi connectivity index (χ0n) is 15.6. The van der Waals surface area contributed by atoms with E-state index in [9.17, 15) is 0 Å². The van der Waals surface area contributed by atoms with Gasteiger partial charge in [0.05, 0.1) is 39.5 Å². The summed E-state index contributed by atoms with van der Waals surface area (Å²) in [5.41, 5.74) is 7.74. The number of nitrogens with one attached hydrogen (secondary N) is 2. The van der Waals surface area contributed by atoms with E-state index in [-0.39, 0.29) is 0 Å². The van der Waals surface area contributed by atoms with Gasteiger partial charge in [-0.2, -0.15) is 5.10 Å². The van der Waals surface area contributed by atoms with Gasteiger partial charge < -0.3 is 4.98 Å². The summed E-state index contributed by atoms with van der Waals surface area (Å²) >= 11 is 0. The van der Waals surface area contributed by atoms with Gasteiger partial charge in [-0.3, -0.25) is 15.1 Å². The van der Waals surface area contributed by atoms with Crippen LogP contribution in [0.1, 0.15) is 5.56 Å². The van der Waals surface area contributed by atoms with Crippen LogP contribution in [0.4, 0.5) is 0 Å². The van der Waals surface area contributed by atoms with Crippen LogP contribution in [0.25, 0.3) is 55.5 Å². The minimum atomic E-state index is 0.769. The molecule has 29 heavy (non-hydrogen) atoms. The average molecular weight is 376 g/mol. The third-order valence-electron chi connectivity index (χ3n) is 5.30. The first kappa shape index (κ1) is 15.9. The first-order chi connectivity index (χ1) is 14.3. The topological polar surface area (TPSA) is 83.1 Å². The van der Waals surface area contributed by atoms with Crippen molar-refractivity contribution in [3.05, 3.63) is 72.7 Å². The smallest absolute Gasteiger partial charge is 0.142 e. The van der Waals surface area contributed by atoms with Gasteiger partial charge in [0.25, 0.3) is 0 Å². The van der Waals surface area contributed by atoms with E-state index in [2.05, 4.69) is 62.4 Å². The Morgan fingerprint density at radius 3 is 2.31 bits per heavy atom. The Hall–Kier alpha value is -4.06. The summed E-state index contributed by atoms with van der Waals surface area (Å²) in [6.45, 7) is 2.08. The molecular weight excluding hydrogens is 360 g/mol. The number of hydrogen-bond acceptors (Lipinski definition) is 4. The lowest BCUT2D eigenvalue weighted by Crippen LogP contribution is -1.86. The fourth-order valence-corrected chi connectivity index (χ4v) is 3.88. The van der Waals surface area contributed by atoms with Gasteiger partial charge in [0.1, 0.15) is 5.82 Å². The molecule has 4 heterocycles. The highest BCUT2D eigenvalue weighted by atomic mass is 15.1. The van der Waals surface area contributed by atoms with Crippen LogP contribution < -0.4 is 0 Å². The molecule has 6 heteroatoms. The third-order valence-corrected chi connectivity index (χ3v) is 5.30. The SMILES string of the molecule is Cc1ccc(-c2[nH]ncc2-c2nc3c4cccnc4c4ncccc4c3[nH]2)cc1. The molecule has 0 spiro atoms. The Kier molecular flexibility index (Phi) is 3.28. The lowest BCUT2D eigenvalue weighted by molar-refractivity contribution is 1.09. The maximum atomic E-state index is 4.95. The fourth-order valence-electron chi connectivity index (χ4n) is 3.88. The number of nitrogens with zero attached hydrogens (tertiary/aromatic N) is 4. The molecule has 0 aliphatic carbocycles. The molecule has 6 aromatic rings. The van der Waals surface area contributed by atoms with Crippen LogP contribution in [0.15, 0.2) is 67.1 Å². The number of aromatic nitrogens is 6. The lowest BCUT2D eigenvalue weighted by atomic mass is 10.1. The molecule has 0 radical (unpaired) electrons. The second-order valence-electron chi connectivity index (χ2n) is 7.13. The number of benzene rings is 2. The van der Waals surface area contributed by atoms with Crippen molar-refractivity contribution in [1.82, 2.24) is 30.1 Å². The summed E-state index contributed by atoms with van der Waals surface area (Å²) < 4.78 is 0. The molecule has 4 aromatic heterocycles. The number of hydrogen-bond donors (Lipinski definition) is 2. The second-order valence-corrected chi connectivity index (χ2v) is 7.13. The average Bonchev–Trinajstić information content (AvgIpc) is 3.42. The number of fused-ring (bicyclic) bond motifs is 6. The number of pyridine rings is 2. The number of H-pyrrole nitrogens is 2. The van der Waals surface area contributed by atoms with Crippen LogP contribution in [0, 0.1) is 6.92 Å². The van der Waals surface area contributed by atoms with Crippen molar-refractivity contribution in [2.75, 3.05) is 0 Å². The Labute approximate surface area is 165 Å². The van der Waals surface area contributed by atoms with E-state index in [0.717, 1.165) is 55.5 Å². The highest BCUT2D eigenvalue weighted by molar-refractivity contribution is 6.21. The van der Waals surface area contributed by atoms with E-state index in [1.807, 2.05) is 24.4 Å². The van der Waals surface area contributed by atoms with Crippen molar-refractivity contribution in [2.45, 2.75) is 6.92 Å². The Morgan fingerprint density at radius 1 is 0.793 bits per heavy atom. The Balaban J connectivity index is 1.66. The lowest BCUT2D eigenvalue weighted by Gasteiger charge is -2.03. The van der Waals surface area contributed by atoms with Crippen molar-refractivity contribution in [1.29, 1.82) is 0 Å². The zero-order chi connectivity index (χ0) is 19.4. The minimum absolute atomic E-state index is 0.769. The maximum absolute atomic E-state index is 4.95. The molecular formula is C23H16N6. The minimum Gasteiger partial charge on any atom is -0.337 e. The van der Waals surface area contributed by atoms with Crippen molar-refractivity contribution < 1.29 is 0 Å². The molecule has 0 fully saturated rings. The molecule has 0 atom stereocenters. The summed E-state index contributed by atoms with van der Waals surface area (Å²) in [7, 11) is 0. The van der Waals surface area contributed by atoms with Crippen LogP contribution in [0.2, 0.25) is 0 Å². The molecule has 0 unspecified atom stereocenters. The molecule has 6 rings (SSSR count). The third kappa shape index (κ3) is 2.36. The molecule has 6 nitrogen and oxygen atoms in total. The van der Waals surface area contributed by atoms with Crippen LogP contribution in [-0.2, 0) is 0 Å². The number of imidazole rings is 1. The van der Waals surface area contributed by atoms with Crippen LogP contribution in [0.5, 0.6) is 0 Å². The highest BCUT2D eigenvalue weighted by Gasteiger charge is 2.18. The van der Waals surface area contributed by atoms with Crippen molar-refractivity contribution in [2.24, 2.45) is 0 Å². The van der Waals surface area contributed by atoms with E-state index in [4.69, 9.17) is 4.98 Å². The van der Waals surface area contributed by atoms with Gasteiger partial charge in [-0.1, -0.05) is 29.8 Å². The monoisotopic (exact) mass is 376 g/mol. The van der Waals surface area contributed by atoms with E-state index >= 15 is 0 Å². The van der Waals surface area contributed by atoms with Gasteiger partial charge in [0.15, 0.2) is 0 Å². The summed E-state index contributed by atoms with van der Waals surface area (Å²) in [5.74, 6) is 0.769. The molecule has 0 aliphatic rings. The highest BCUT2D eigenvalue weighted by Crippen LogP contribution is 2.35. The largest absolute Gasteiger partial charge is 0.337 e. The Bertz CT molecular complexity index is 1440. The molecule has 138 valence electrons. The first-order valence-corrected chi connectivity index (χ1v) is 9.41. The van der Waals surface area contributed by atoms with Crippen LogP contribution >= 0.6 is 0 Å². The number of aromatic amines is 2. The van der Waals surface area contributed by atoms with E-state index < -0.39 is 0 Å². The van der Waals surface area contributed by atoms with Gasteiger partial charge in [-0.15, -0.1) is 0 Å². The van der Waals surface area contributed by atoms with Gasteiger partial charge in [0, 0.05) is 28.7 Å². The molecule has 0 saturated carbocycles. The first-order valence-electron chi connectivity index (χ1n) is 9.41. The number of aryl methyl sites for hydroxylation is 1. The predicted molar refractivity (Wildman–Crippen MR) is 114 cm³/mol. The van der Waals surface area contributed by atoms with Crippen LogP contribution in [0.3, 0.4) is 0 Å². The van der Waals surface area contributed by atoms with Crippen LogP contribution in [-0.4, -0.2) is 30.1 Å². The van der Waals surface area contributed by atoms with Gasteiger partial charge in [-0.25, -0.2) is 4.98 Å². The fraction of sp³-hybridized carbons (Fsp3) is 0.0435. The van der Waals surface area contributed by atoms with Gasteiger partial charge >= 0.3 is 0 Å². The molecule has 2 aromatic carbocycles. The standard InChI is InChI=1S/C23H16N6/c1-13-6-8-14(9-7-13)18-17(12-26-29-18)23-27-21-15-4-2-10-24-19(15)20-16(22(21)28-23)5-3-11-25-20/h2-12H,1H3,(H,26,29)(H,27,28). The summed E-state index contributed by atoms with van der Waals surface area (Å²) in [6.07, 6.45) is 5.40. The molecule has 0 bridgehead atoms. The van der Waals surface area contributed by atoms with Crippen molar-refractivity contribution >= 4 is 32.8 Å². The molecule has 0 aliphatic heterocycles. The van der Waals surface area contributed by atoms with Crippen molar-refractivity contribution in [3.63, 3.8) is 0 Å². The molecule has 2 N–H and O–H groups in total. The molecule has 0 amide bonds. The quantitative estimate of drug-likeness (QED) is 0.415. The van der Waals surface area contributed by atoms with E-state index in [1.165, 1.54) is 5.56 Å². The Morgan fingerprint density at radius 2 is 1.52 bits per heavy atom. The van der Waals surface area contributed by atoms with Crippen molar-refractivity contribution in [3.8, 4) is 22.6 Å². The second kappa shape index (κ2) is 5.97. The zero-order valence-corrected chi connectivity index (χ0v) is 15.6. The summed E-state index contributed by atoms with van der Waals surface area (Å²) in [6, 6.07) is 16.3. The summed E-state index contributed by atoms with van der Waals surface area (Å²) in [4.78, 5) is 17.6. The van der Waals surface area contributed by atoms with Gasteiger partial charge in [0.2, 0.25) is 0 Å². The molecule has 0 saturated heterocycles. The normalized spacial score (nSPS) is 11.6. The van der Waals surface area contributed by atoms with E-state index in [0.29, 0.717) is 0 Å². The van der Waals surface area contributed by atoms with Gasteiger partial charge in [-0.05, 0) is 31.2 Å². The maximum Gasteiger partial charge on any atom is 0.142 e. The van der Waals surface area contributed by atoms with E-state index in [1.54, 1.807) is 12.4 Å². The summed E-state index contributed by atoms with van der Waals surface area (Å²) in [5, 5.41) is 9.40.